The van der Waals surface area contributed by atoms with Gasteiger partial charge in [-0.05, 0) is 29.7 Å². The van der Waals surface area contributed by atoms with Crippen molar-refractivity contribution < 1.29 is 9.53 Å². The molecule has 0 N–H and O–H groups in total. The minimum atomic E-state index is 0.142. The normalized spacial score (nSPS) is 12.7. The van der Waals surface area contributed by atoms with Crippen LogP contribution in [0.15, 0.2) is 67.1 Å². The molecule has 1 aromatic heterocycles. The summed E-state index contributed by atoms with van der Waals surface area (Å²) in [5.74, 6) is 0.969. The van der Waals surface area contributed by atoms with Crippen LogP contribution in [0.2, 0.25) is 0 Å². The summed E-state index contributed by atoms with van der Waals surface area (Å²) in [7, 11) is 0. The maximum absolute atomic E-state index is 12.5. The van der Waals surface area contributed by atoms with E-state index in [4.69, 9.17) is 4.74 Å². The zero-order chi connectivity index (χ0) is 18.5. The lowest BCUT2D eigenvalue weighted by Crippen LogP contribution is -2.25. The molecule has 0 aliphatic carbocycles. The molecule has 2 heterocycles. The minimum Gasteiger partial charge on any atom is -0.489 e. The van der Waals surface area contributed by atoms with Gasteiger partial charge in [-0.1, -0.05) is 42.5 Å². The highest BCUT2D eigenvalue weighted by Gasteiger charge is 2.23. The van der Waals surface area contributed by atoms with Gasteiger partial charge in [-0.25, -0.2) is 9.97 Å². The van der Waals surface area contributed by atoms with E-state index in [1.165, 1.54) is 6.33 Å². The molecule has 0 saturated heterocycles. The summed E-state index contributed by atoms with van der Waals surface area (Å²) >= 11 is 0. The molecule has 0 unspecified atom stereocenters. The van der Waals surface area contributed by atoms with Crippen molar-refractivity contribution in [1.29, 1.82) is 0 Å². The van der Waals surface area contributed by atoms with Gasteiger partial charge in [0.1, 0.15) is 18.7 Å². The van der Waals surface area contributed by atoms with Crippen molar-refractivity contribution in [2.24, 2.45) is 0 Å². The summed E-state index contributed by atoms with van der Waals surface area (Å²) in [5, 5.41) is 0. The molecule has 0 fully saturated rings. The topological polar surface area (TPSA) is 55.3 Å². The average molecular weight is 359 g/mol. The predicted octanol–water partition coefficient (Wildman–Crippen LogP) is 3.53. The highest BCUT2D eigenvalue weighted by atomic mass is 16.5. The van der Waals surface area contributed by atoms with E-state index in [1.54, 1.807) is 6.20 Å². The van der Waals surface area contributed by atoms with E-state index in [2.05, 4.69) is 9.97 Å². The first kappa shape index (κ1) is 17.2. The molecule has 5 heteroatoms. The number of fused-ring (bicyclic) bond motifs is 1. The maximum atomic E-state index is 12.5. The van der Waals surface area contributed by atoms with E-state index in [9.17, 15) is 4.79 Å². The Hall–Kier alpha value is -3.21. The van der Waals surface area contributed by atoms with Crippen molar-refractivity contribution in [3.05, 3.63) is 89.5 Å². The van der Waals surface area contributed by atoms with E-state index in [1.807, 2.05) is 59.5 Å². The Balaban J connectivity index is 1.30. The summed E-state index contributed by atoms with van der Waals surface area (Å²) in [6.07, 6.45) is 4.50. The number of benzene rings is 2. The molecule has 1 aliphatic rings. The Kier molecular flexibility index (Phi) is 5.10. The summed E-state index contributed by atoms with van der Waals surface area (Å²) < 4.78 is 5.87. The number of ether oxygens (including phenoxy) is 1. The number of aromatic nitrogens is 2. The summed E-state index contributed by atoms with van der Waals surface area (Å²) in [4.78, 5) is 22.6. The van der Waals surface area contributed by atoms with E-state index in [0.717, 1.165) is 28.1 Å². The fraction of sp³-hybridized carbons (Fsp3) is 0.227. The first-order chi connectivity index (χ1) is 13.3. The van der Waals surface area contributed by atoms with E-state index < -0.39 is 0 Å². The second-order valence-corrected chi connectivity index (χ2v) is 6.67. The number of amides is 1. The van der Waals surface area contributed by atoms with Crippen molar-refractivity contribution in [1.82, 2.24) is 14.9 Å². The quantitative estimate of drug-likeness (QED) is 0.676. The second-order valence-electron chi connectivity index (χ2n) is 6.67. The van der Waals surface area contributed by atoms with E-state index in [-0.39, 0.29) is 5.91 Å². The molecule has 2 aromatic carbocycles. The molecule has 1 amide bonds. The van der Waals surface area contributed by atoms with Crippen LogP contribution >= 0.6 is 0 Å². The second kappa shape index (κ2) is 7.99. The highest BCUT2D eigenvalue weighted by Crippen LogP contribution is 2.21. The standard InChI is InChI=1S/C22H21N3O2/c26-22(25-13-19-12-23-16-24-21(19)14-25)10-9-17-7-4-8-20(11-17)27-15-18-5-2-1-3-6-18/h1-8,11-12,16H,9-10,13-15H2. The third kappa shape index (κ3) is 4.31. The Morgan fingerprint density at radius 1 is 1.04 bits per heavy atom. The van der Waals surface area contributed by atoms with Crippen LogP contribution < -0.4 is 4.74 Å². The van der Waals surface area contributed by atoms with Crippen molar-refractivity contribution >= 4 is 5.91 Å². The number of aryl methyl sites for hydroxylation is 1. The van der Waals surface area contributed by atoms with Gasteiger partial charge in [0, 0.05) is 24.7 Å². The first-order valence-corrected chi connectivity index (χ1v) is 9.09. The summed E-state index contributed by atoms with van der Waals surface area (Å²) in [5.41, 5.74) is 4.23. The van der Waals surface area contributed by atoms with Gasteiger partial charge < -0.3 is 9.64 Å². The molecule has 136 valence electrons. The van der Waals surface area contributed by atoms with Crippen molar-refractivity contribution in [3.63, 3.8) is 0 Å². The Morgan fingerprint density at radius 2 is 1.89 bits per heavy atom. The molecular weight excluding hydrogens is 338 g/mol. The smallest absolute Gasteiger partial charge is 0.223 e. The predicted molar refractivity (Wildman–Crippen MR) is 102 cm³/mol. The summed E-state index contributed by atoms with van der Waals surface area (Å²) in [6, 6.07) is 18.1. The van der Waals surface area contributed by atoms with Crippen LogP contribution in [0.25, 0.3) is 0 Å². The van der Waals surface area contributed by atoms with Crippen LogP contribution in [0.3, 0.4) is 0 Å². The van der Waals surface area contributed by atoms with Crippen LogP contribution in [-0.2, 0) is 30.9 Å². The van der Waals surface area contributed by atoms with Crippen molar-refractivity contribution in [2.75, 3.05) is 0 Å². The Morgan fingerprint density at radius 3 is 2.74 bits per heavy atom. The molecule has 5 nitrogen and oxygen atoms in total. The van der Waals surface area contributed by atoms with Crippen LogP contribution in [-0.4, -0.2) is 20.8 Å². The zero-order valence-corrected chi connectivity index (χ0v) is 15.0. The monoisotopic (exact) mass is 359 g/mol. The molecule has 4 rings (SSSR count). The van der Waals surface area contributed by atoms with Gasteiger partial charge in [-0.2, -0.15) is 0 Å². The highest BCUT2D eigenvalue weighted by molar-refractivity contribution is 5.77. The number of nitrogens with zero attached hydrogens (tertiary/aromatic N) is 3. The first-order valence-electron chi connectivity index (χ1n) is 9.09. The lowest BCUT2D eigenvalue weighted by atomic mass is 10.1. The van der Waals surface area contributed by atoms with Gasteiger partial charge in [0.05, 0.1) is 12.2 Å². The number of carbonyl (C=O) groups is 1. The maximum Gasteiger partial charge on any atom is 0.223 e. The molecule has 0 radical (unpaired) electrons. The molecule has 0 saturated carbocycles. The van der Waals surface area contributed by atoms with Gasteiger partial charge >= 0.3 is 0 Å². The fourth-order valence-corrected chi connectivity index (χ4v) is 3.22. The van der Waals surface area contributed by atoms with Crippen LogP contribution in [0, 0.1) is 0 Å². The largest absolute Gasteiger partial charge is 0.489 e. The number of hydrogen-bond donors (Lipinski definition) is 0. The van der Waals surface area contributed by atoms with E-state index in [0.29, 0.717) is 32.5 Å². The van der Waals surface area contributed by atoms with Crippen LogP contribution in [0.1, 0.15) is 28.8 Å². The van der Waals surface area contributed by atoms with Crippen molar-refractivity contribution in [2.45, 2.75) is 32.5 Å². The molecule has 0 spiro atoms. The SMILES string of the molecule is O=C(CCc1cccc(OCc2ccccc2)c1)N1Cc2cncnc2C1. The van der Waals surface area contributed by atoms with Gasteiger partial charge in [0.2, 0.25) is 5.91 Å². The Labute approximate surface area is 158 Å². The number of hydrogen-bond acceptors (Lipinski definition) is 4. The van der Waals surface area contributed by atoms with Gasteiger partial charge in [0.15, 0.2) is 0 Å². The molecule has 0 atom stereocenters. The molecule has 0 bridgehead atoms. The average Bonchev–Trinajstić information content (AvgIpc) is 3.16. The molecule has 1 aliphatic heterocycles. The fourth-order valence-electron chi connectivity index (χ4n) is 3.22. The van der Waals surface area contributed by atoms with Crippen molar-refractivity contribution in [3.8, 4) is 5.75 Å². The van der Waals surface area contributed by atoms with Gasteiger partial charge in [-0.15, -0.1) is 0 Å². The molecular formula is C22H21N3O2. The lowest BCUT2D eigenvalue weighted by Gasteiger charge is -2.15. The third-order valence-electron chi connectivity index (χ3n) is 4.71. The van der Waals surface area contributed by atoms with Gasteiger partial charge in [-0.3, -0.25) is 4.79 Å². The minimum absolute atomic E-state index is 0.142. The van der Waals surface area contributed by atoms with Crippen LogP contribution in [0.4, 0.5) is 0 Å². The zero-order valence-electron chi connectivity index (χ0n) is 15.0. The van der Waals surface area contributed by atoms with Gasteiger partial charge in [0.25, 0.3) is 0 Å². The van der Waals surface area contributed by atoms with E-state index >= 15 is 0 Å². The number of rotatable bonds is 6. The summed E-state index contributed by atoms with van der Waals surface area (Å²) in [6.45, 7) is 1.72. The number of carbonyl (C=O) groups excluding carboxylic acids is 1. The molecule has 27 heavy (non-hydrogen) atoms. The lowest BCUT2D eigenvalue weighted by molar-refractivity contribution is -0.131. The Bertz CT molecular complexity index is 903. The van der Waals surface area contributed by atoms with Crippen LogP contribution in [0.5, 0.6) is 5.75 Å². The third-order valence-corrected chi connectivity index (χ3v) is 4.71. The molecule has 3 aromatic rings.